The van der Waals surface area contributed by atoms with Crippen LogP contribution in [0.15, 0.2) is 18.3 Å². The molecule has 2 aromatic rings. The fourth-order valence-corrected chi connectivity index (χ4v) is 2.28. The summed E-state index contributed by atoms with van der Waals surface area (Å²) in [4.78, 5) is 4.38. The molecule has 0 fully saturated rings. The van der Waals surface area contributed by atoms with Gasteiger partial charge in [-0.1, -0.05) is 0 Å². The van der Waals surface area contributed by atoms with Crippen LogP contribution in [0.2, 0.25) is 0 Å². The Morgan fingerprint density at radius 1 is 1.29 bits per heavy atom. The highest BCUT2D eigenvalue weighted by Gasteiger charge is 2.20. The van der Waals surface area contributed by atoms with E-state index in [2.05, 4.69) is 4.98 Å². The maximum Gasteiger partial charge on any atom is 0.187 e. The first-order valence-corrected chi connectivity index (χ1v) is 5.50. The molecule has 0 radical (unpaired) electrons. The summed E-state index contributed by atoms with van der Waals surface area (Å²) in [7, 11) is 3.26. The Morgan fingerprint density at radius 3 is 2.94 bits per heavy atom. The molecule has 0 amide bonds. The second-order valence-corrected chi connectivity index (χ2v) is 3.90. The van der Waals surface area contributed by atoms with Crippen LogP contribution in [0.25, 0.3) is 10.9 Å². The number of methoxy groups -OCH3 is 2. The van der Waals surface area contributed by atoms with E-state index < -0.39 is 0 Å². The summed E-state index contributed by atoms with van der Waals surface area (Å²) < 4.78 is 16.4. The molecule has 4 nitrogen and oxygen atoms in total. The smallest absolute Gasteiger partial charge is 0.187 e. The van der Waals surface area contributed by atoms with Crippen molar-refractivity contribution in [1.82, 2.24) is 4.98 Å². The number of rotatable bonds is 2. The number of nitrogens with zero attached hydrogens (tertiary/aromatic N) is 1. The van der Waals surface area contributed by atoms with Crippen molar-refractivity contribution >= 4 is 10.9 Å². The van der Waals surface area contributed by atoms with Crippen LogP contribution in [0.4, 0.5) is 0 Å². The van der Waals surface area contributed by atoms with Gasteiger partial charge in [-0.15, -0.1) is 0 Å². The van der Waals surface area contributed by atoms with E-state index in [1.165, 1.54) is 5.56 Å². The minimum absolute atomic E-state index is 0.665. The van der Waals surface area contributed by atoms with Gasteiger partial charge in [0.1, 0.15) is 11.3 Å². The van der Waals surface area contributed by atoms with Gasteiger partial charge in [-0.25, -0.2) is 0 Å². The molecule has 2 heterocycles. The second kappa shape index (κ2) is 3.80. The molecule has 88 valence electrons. The third-order valence-corrected chi connectivity index (χ3v) is 3.03. The molecule has 17 heavy (non-hydrogen) atoms. The lowest BCUT2D eigenvalue weighted by molar-refractivity contribution is 0.316. The molecule has 0 atom stereocenters. The zero-order chi connectivity index (χ0) is 11.8. The van der Waals surface area contributed by atoms with Crippen LogP contribution in [0.1, 0.15) is 5.56 Å². The van der Waals surface area contributed by atoms with Gasteiger partial charge in [-0.2, -0.15) is 0 Å². The summed E-state index contributed by atoms with van der Waals surface area (Å²) >= 11 is 0. The number of hydrogen-bond acceptors (Lipinski definition) is 4. The van der Waals surface area contributed by atoms with E-state index in [0.717, 1.165) is 28.8 Å². The highest BCUT2D eigenvalue weighted by atomic mass is 16.5. The molecule has 0 spiro atoms. The first kappa shape index (κ1) is 10.2. The second-order valence-electron chi connectivity index (χ2n) is 3.90. The highest BCUT2D eigenvalue weighted by Crippen LogP contribution is 2.41. The fraction of sp³-hybridized carbons (Fsp3) is 0.308. The quantitative estimate of drug-likeness (QED) is 0.794. The van der Waals surface area contributed by atoms with Crippen LogP contribution in [0, 0.1) is 0 Å². The molecule has 0 aliphatic carbocycles. The van der Waals surface area contributed by atoms with Gasteiger partial charge < -0.3 is 14.2 Å². The molecular weight excluding hydrogens is 218 g/mol. The first-order chi connectivity index (χ1) is 8.35. The zero-order valence-corrected chi connectivity index (χ0v) is 9.82. The van der Waals surface area contributed by atoms with Crippen LogP contribution in [0.5, 0.6) is 17.2 Å². The minimum Gasteiger partial charge on any atom is -0.493 e. The molecule has 0 unspecified atom stereocenters. The maximum atomic E-state index is 5.63. The lowest BCUT2D eigenvalue weighted by atomic mass is 10.0. The fourth-order valence-electron chi connectivity index (χ4n) is 2.28. The van der Waals surface area contributed by atoms with Crippen molar-refractivity contribution in [3.05, 3.63) is 23.9 Å². The SMILES string of the molecule is COc1cc2c3c(ccnc3c1OC)OCC2. The average Bonchev–Trinajstić information content (AvgIpc) is 2.39. The number of ether oxygens (including phenoxy) is 3. The van der Waals surface area contributed by atoms with E-state index in [9.17, 15) is 0 Å². The Balaban J connectivity index is 2.43. The van der Waals surface area contributed by atoms with Crippen LogP contribution < -0.4 is 14.2 Å². The minimum atomic E-state index is 0.665. The molecule has 1 aliphatic heterocycles. The van der Waals surface area contributed by atoms with Gasteiger partial charge in [0, 0.05) is 18.0 Å². The van der Waals surface area contributed by atoms with Crippen LogP contribution in [0.3, 0.4) is 0 Å². The third kappa shape index (κ3) is 1.40. The Bertz CT molecular complexity index is 580. The van der Waals surface area contributed by atoms with Gasteiger partial charge in [0.2, 0.25) is 0 Å². The van der Waals surface area contributed by atoms with E-state index in [1.807, 2.05) is 12.1 Å². The number of hydrogen-bond donors (Lipinski definition) is 0. The largest absolute Gasteiger partial charge is 0.493 e. The number of benzene rings is 1. The van der Waals surface area contributed by atoms with Gasteiger partial charge in [-0.05, 0) is 17.7 Å². The van der Waals surface area contributed by atoms with Crippen LogP contribution in [-0.2, 0) is 6.42 Å². The van der Waals surface area contributed by atoms with Crippen molar-refractivity contribution in [2.75, 3.05) is 20.8 Å². The summed E-state index contributed by atoms with van der Waals surface area (Å²) in [5, 5.41) is 1.04. The van der Waals surface area contributed by atoms with Crippen molar-refractivity contribution in [3.63, 3.8) is 0 Å². The van der Waals surface area contributed by atoms with E-state index >= 15 is 0 Å². The summed E-state index contributed by atoms with van der Waals surface area (Å²) in [6, 6.07) is 3.89. The van der Waals surface area contributed by atoms with Crippen LogP contribution >= 0.6 is 0 Å². The summed E-state index contributed by atoms with van der Waals surface area (Å²) in [5.41, 5.74) is 2.01. The van der Waals surface area contributed by atoms with Crippen molar-refractivity contribution < 1.29 is 14.2 Å². The van der Waals surface area contributed by atoms with E-state index in [1.54, 1.807) is 20.4 Å². The first-order valence-electron chi connectivity index (χ1n) is 5.50. The number of aromatic nitrogens is 1. The topological polar surface area (TPSA) is 40.6 Å². The monoisotopic (exact) mass is 231 g/mol. The van der Waals surface area contributed by atoms with E-state index in [4.69, 9.17) is 14.2 Å². The lowest BCUT2D eigenvalue weighted by Gasteiger charge is -2.20. The Morgan fingerprint density at radius 2 is 2.18 bits per heavy atom. The zero-order valence-electron chi connectivity index (χ0n) is 9.82. The lowest BCUT2D eigenvalue weighted by Crippen LogP contribution is -2.09. The highest BCUT2D eigenvalue weighted by molar-refractivity contribution is 5.95. The molecule has 1 aromatic heterocycles. The van der Waals surface area contributed by atoms with Gasteiger partial charge in [0.05, 0.1) is 20.8 Å². The van der Waals surface area contributed by atoms with Gasteiger partial charge in [0.25, 0.3) is 0 Å². The molecule has 1 aliphatic rings. The molecule has 0 saturated heterocycles. The van der Waals surface area contributed by atoms with Gasteiger partial charge >= 0.3 is 0 Å². The molecule has 1 aromatic carbocycles. The maximum absolute atomic E-state index is 5.63. The standard InChI is InChI=1S/C13H13NO3/c1-15-10-7-8-4-6-17-9-3-5-14-12(11(8)9)13(10)16-2/h3,5,7H,4,6H2,1-2H3. The predicted molar refractivity (Wildman–Crippen MR) is 64.0 cm³/mol. The van der Waals surface area contributed by atoms with Gasteiger partial charge in [-0.3, -0.25) is 4.98 Å². The van der Waals surface area contributed by atoms with Crippen molar-refractivity contribution in [2.24, 2.45) is 0 Å². The summed E-state index contributed by atoms with van der Waals surface area (Å²) in [5.74, 6) is 2.26. The van der Waals surface area contributed by atoms with E-state index in [0.29, 0.717) is 12.4 Å². The average molecular weight is 231 g/mol. The summed E-state index contributed by atoms with van der Waals surface area (Å²) in [6.07, 6.45) is 2.60. The normalized spacial score (nSPS) is 13.3. The van der Waals surface area contributed by atoms with Crippen molar-refractivity contribution in [2.45, 2.75) is 6.42 Å². The molecule has 0 N–H and O–H groups in total. The summed E-state index contributed by atoms with van der Waals surface area (Å²) in [6.45, 7) is 0.696. The third-order valence-electron chi connectivity index (χ3n) is 3.03. The molecule has 3 rings (SSSR count). The molecular formula is C13H13NO3. The Hall–Kier alpha value is -1.97. The Kier molecular flexibility index (Phi) is 2.28. The molecule has 4 heteroatoms. The van der Waals surface area contributed by atoms with Crippen LogP contribution in [-0.4, -0.2) is 25.8 Å². The molecule has 0 saturated carbocycles. The Labute approximate surface area is 99.1 Å². The van der Waals surface area contributed by atoms with Gasteiger partial charge in [0.15, 0.2) is 11.5 Å². The van der Waals surface area contributed by atoms with Crippen molar-refractivity contribution in [3.8, 4) is 17.2 Å². The van der Waals surface area contributed by atoms with E-state index in [-0.39, 0.29) is 0 Å². The number of pyridine rings is 1. The predicted octanol–water partition coefficient (Wildman–Crippen LogP) is 2.19. The van der Waals surface area contributed by atoms with Crippen molar-refractivity contribution in [1.29, 1.82) is 0 Å². The molecule has 0 bridgehead atoms.